The van der Waals surface area contributed by atoms with Crippen molar-refractivity contribution in [1.29, 1.82) is 0 Å². The molecule has 0 spiro atoms. The summed E-state index contributed by atoms with van der Waals surface area (Å²) >= 11 is 6.96. The third-order valence-corrected chi connectivity index (χ3v) is 8.71. The second-order valence-electron chi connectivity index (χ2n) is 10.9. The summed E-state index contributed by atoms with van der Waals surface area (Å²) in [7, 11) is 0. The first kappa shape index (κ1) is 26.2. The SMILES string of the molecule is CCCCCCCc1ccc([C@H]2CC[C@H](CCC3(Cl)C=CC(c4ccccc4F)=CC3)CC2)cc1. The van der Waals surface area contributed by atoms with Crippen molar-refractivity contribution in [2.24, 2.45) is 5.92 Å². The minimum Gasteiger partial charge on any atom is -0.206 e. The number of halogens is 2. The smallest absolute Gasteiger partial charge is 0.131 e. The van der Waals surface area contributed by atoms with Crippen molar-refractivity contribution < 1.29 is 4.39 Å². The fourth-order valence-corrected chi connectivity index (χ4v) is 6.10. The van der Waals surface area contributed by atoms with Gasteiger partial charge in [-0.1, -0.05) is 93.3 Å². The first-order valence-corrected chi connectivity index (χ1v) is 14.4. The van der Waals surface area contributed by atoms with Crippen LogP contribution >= 0.6 is 11.6 Å². The number of unbranched alkanes of at least 4 members (excludes halogenated alkanes) is 4. The number of hydrogen-bond acceptors (Lipinski definition) is 0. The molecule has 2 aromatic rings. The van der Waals surface area contributed by atoms with E-state index >= 15 is 0 Å². The van der Waals surface area contributed by atoms with Crippen molar-refractivity contribution in [3.63, 3.8) is 0 Å². The van der Waals surface area contributed by atoms with Gasteiger partial charge >= 0.3 is 0 Å². The summed E-state index contributed by atoms with van der Waals surface area (Å²) in [5, 5.41) is 0. The molecule has 1 fully saturated rings. The number of hydrogen-bond donors (Lipinski definition) is 0. The maximum Gasteiger partial charge on any atom is 0.131 e. The normalized spacial score (nSPS) is 24.4. The van der Waals surface area contributed by atoms with Gasteiger partial charge in [0.1, 0.15) is 5.82 Å². The zero-order valence-electron chi connectivity index (χ0n) is 21.5. The van der Waals surface area contributed by atoms with Crippen molar-refractivity contribution >= 4 is 17.2 Å². The summed E-state index contributed by atoms with van der Waals surface area (Å²) in [5.41, 5.74) is 4.65. The Kier molecular flexibility index (Phi) is 9.67. The molecule has 0 amide bonds. The van der Waals surface area contributed by atoms with E-state index < -0.39 is 0 Å². The molecule has 4 rings (SSSR count). The molecule has 2 aliphatic carbocycles. The first-order chi connectivity index (χ1) is 17.1. The molecule has 0 nitrogen and oxygen atoms in total. The molecule has 0 N–H and O–H groups in total. The molecule has 0 heterocycles. The zero-order valence-corrected chi connectivity index (χ0v) is 22.2. The molecule has 0 radical (unpaired) electrons. The Morgan fingerprint density at radius 1 is 0.914 bits per heavy atom. The summed E-state index contributed by atoms with van der Waals surface area (Å²) in [6.07, 6.45) is 22.3. The van der Waals surface area contributed by atoms with Crippen LogP contribution in [-0.2, 0) is 6.42 Å². The Labute approximate surface area is 217 Å². The Hall–Kier alpha value is -1.86. The number of aryl methyl sites for hydroxylation is 1. The van der Waals surface area contributed by atoms with E-state index in [0.29, 0.717) is 5.56 Å². The van der Waals surface area contributed by atoms with Crippen LogP contribution in [0, 0.1) is 11.7 Å². The highest BCUT2D eigenvalue weighted by molar-refractivity contribution is 6.25. The van der Waals surface area contributed by atoms with Gasteiger partial charge in [-0.25, -0.2) is 4.39 Å². The van der Waals surface area contributed by atoms with Gasteiger partial charge < -0.3 is 0 Å². The molecular weight excluding hydrogens is 451 g/mol. The zero-order chi connectivity index (χ0) is 24.5. The van der Waals surface area contributed by atoms with Gasteiger partial charge in [0.05, 0.1) is 4.87 Å². The quantitative estimate of drug-likeness (QED) is 0.216. The lowest BCUT2D eigenvalue weighted by Crippen LogP contribution is -2.22. The standard InChI is InChI=1S/C33H42ClF/c1-2-3-4-5-6-9-26-12-16-28(17-13-26)29-18-14-27(15-19-29)20-23-33(34)24-21-30(22-25-33)31-10-7-8-11-32(31)35/h7-8,10-13,16-17,21-22,24,27,29H,2-6,9,14-15,18-20,23,25H2,1H3/t27-,29-,33?. The summed E-state index contributed by atoms with van der Waals surface area (Å²) in [6.45, 7) is 2.28. The van der Waals surface area contributed by atoms with Gasteiger partial charge in [0.25, 0.3) is 0 Å². The predicted octanol–water partition coefficient (Wildman–Crippen LogP) is 10.4. The largest absolute Gasteiger partial charge is 0.206 e. The van der Waals surface area contributed by atoms with Crippen LogP contribution in [0.4, 0.5) is 4.39 Å². The second kappa shape index (κ2) is 12.9. The highest BCUT2D eigenvalue weighted by Crippen LogP contribution is 2.41. The van der Waals surface area contributed by atoms with Crippen LogP contribution in [0.25, 0.3) is 5.57 Å². The summed E-state index contributed by atoms with van der Waals surface area (Å²) in [6, 6.07) is 16.5. The molecular formula is C33H42ClF. The highest BCUT2D eigenvalue weighted by Gasteiger charge is 2.29. The predicted molar refractivity (Wildman–Crippen MR) is 150 cm³/mol. The van der Waals surface area contributed by atoms with Crippen LogP contribution in [0.1, 0.15) is 107 Å². The van der Waals surface area contributed by atoms with Crippen molar-refractivity contribution in [2.75, 3.05) is 0 Å². The van der Waals surface area contributed by atoms with Crippen molar-refractivity contribution in [3.05, 3.63) is 89.3 Å². The molecule has 35 heavy (non-hydrogen) atoms. The van der Waals surface area contributed by atoms with Crippen molar-refractivity contribution in [1.82, 2.24) is 0 Å². The molecule has 2 heteroatoms. The monoisotopic (exact) mass is 492 g/mol. The maximum absolute atomic E-state index is 14.1. The Morgan fingerprint density at radius 3 is 2.34 bits per heavy atom. The van der Waals surface area contributed by atoms with E-state index in [1.807, 2.05) is 18.2 Å². The Morgan fingerprint density at radius 2 is 1.66 bits per heavy atom. The first-order valence-electron chi connectivity index (χ1n) is 14.0. The molecule has 188 valence electrons. The summed E-state index contributed by atoms with van der Waals surface area (Å²) in [4.78, 5) is -0.321. The molecule has 1 saturated carbocycles. The van der Waals surface area contributed by atoms with Gasteiger partial charge in [-0.2, -0.15) is 0 Å². The van der Waals surface area contributed by atoms with Gasteiger partial charge in [0.15, 0.2) is 0 Å². The van der Waals surface area contributed by atoms with Gasteiger partial charge in [0.2, 0.25) is 0 Å². The molecule has 2 aliphatic rings. The van der Waals surface area contributed by atoms with E-state index in [-0.39, 0.29) is 10.7 Å². The van der Waals surface area contributed by atoms with Crippen LogP contribution in [0.2, 0.25) is 0 Å². The van der Waals surface area contributed by atoms with Crippen LogP contribution < -0.4 is 0 Å². The Bertz CT molecular complexity index is 980. The lowest BCUT2D eigenvalue weighted by atomic mass is 9.76. The van der Waals surface area contributed by atoms with E-state index in [9.17, 15) is 4.39 Å². The van der Waals surface area contributed by atoms with E-state index in [2.05, 4.69) is 43.3 Å². The second-order valence-corrected chi connectivity index (χ2v) is 11.6. The number of allylic oxidation sites excluding steroid dienone is 4. The van der Waals surface area contributed by atoms with E-state index in [0.717, 1.165) is 30.3 Å². The van der Waals surface area contributed by atoms with Crippen LogP contribution in [0.3, 0.4) is 0 Å². The molecule has 1 unspecified atom stereocenters. The van der Waals surface area contributed by atoms with Gasteiger partial charge in [-0.3, -0.25) is 0 Å². The lowest BCUT2D eigenvalue weighted by molar-refractivity contribution is 0.298. The Balaban J connectivity index is 1.19. The third kappa shape index (κ3) is 7.56. The fourth-order valence-electron chi connectivity index (χ4n) is 5.85. The van der Waals surface area contributed by atoms with E-state index in [4.69, 9.17) is 11.6 Å². The lowest BCUT2D eigenvalue weighted by Gasteiger charge is -2.32. The van der Waals surface area contributed by atoms with Crippen molar-refractivity contribution in [3.8, 4) is 0 Å². The molecule has 0 aromatic heterocycles. The van der Waals surface area contributed by atoms with Crippen molar-refractivity contribution in [2.45, 2.75) is 101 Å². The molecule has 1 atom stereocenters. The topological polar surface area (TPSA) is 0 Å². The molecule has 2 aromatic carbocycles. The number of alkyl halides is 1. The number of rotatable bonds is 11. The minimum absolute atomic E-state index is 0.167. The average molecular weight is 493 g/mol. The molecule has 0 aliphatic heterocycles. The third-order valence-electron chi connectivity index (χ3n) is 8.24. The maximum atomic E-state index is 14.1. The van der Waals surface area contributed by atoms with E-state index in [1.165, 1.54) is 87.8 Å². The fraction of sp³-hybridized carbons (Fsp3) is 0.515. The minimum atomic E-state index is -0.321. The molecule has 0 saturated heterocycles. The average Bonchev–Trinajstić information content (AvgIpc) is 2.89. The number of benzene rings is 2. The molecule has 0 bridgehead atoms. The van der Waals surface area contributed by atoms with Crippen LogP contribution in [-0.4, -0.2) is 4.87 Å². The van der Waals surface area contributed by atoms with Gasteiger partial charge in [0, 0.05) is 5.56 Å². The van der Waals surface area contributed by atoms with Gasteiger partial charge in [-0.15, -0.1) is 11.6 Å². The van der Waals surface area contributed by atoms with Gasteiger partial charge in [-0.05, 0) is 92.4 Å². The highest BCUT2D eigenvalue weighted by atomic mass is 35.5. The van der Waals surface area contributed by atoms with E-state index in [1.54, 1.807) is 6.07 Å². The summed E-state index contributed by atoms with van der Waals surface area (Å²) < 4.78 is 14.1. The van der Waals surface area contributed by atoms with Crippen LogP contribution in [0.5, 0.6) is 0 Å². The summed E-state index contributed by atoms with van der Waals surface area (Å²) in [5.74, 6) is 1.32. The van der Waals surface area contributed by atoms with Crippen LogP contribution in [0.15, 0.2) is 66.8 Å².